The molecule has 0 radical (unpaired) electrons. The molecule has 3 N–H and O–H groups in total. The summed E-state index contributed by atoms with van der Waals surface area (Å²) < 4.78 is 44.5. The number of nitrogens with two attached hydrogens (primary N) is 1. The Balaban J connectivity index is 2.45. The Kier molecular flexibility index (Phi) is 3.14. The van der Waals surface area contributed by atoms with Crippen molar-refractivity contribution >= 4 is 21.7 Å². The van der Waals surface area contributed by atoms with E-state index in [9.17, 15) is 12.8 Å². The smallest absolute Gasteiger partial charge is 0.335 e. The second-order valence-corrected chi connectivity index (χ2v) is 5.55. The normalized spacial score (nSPS) is 11.5. The first-order chi connectivity index (χ1) is 8.79. The summed E-state index contributed by atoms with van der Waals surface area (Å²) in [7, 11) is -4.18. The van der Waals surface area contributed by atoms with Crippen LogP contribution in [0.2, 0.25) is 0 Å². The van der Waals surface area contributed by atoms with Crippen molar-refractivity contribution in [2.45, 2.75) is 18.7 Å². The van der Waals surface area contributed by atoms with Crippen molar-refractivity contribution < 1.29 is 17.3 Å². The van der Waals surface area contributed by atoms with Gasteiger partial charge in [-0.1, -0.05) is 5.16 Å². The van der Waals surface area contributed by atoms with E-state index in [0.717, 1.165) is 6.07 Å². The largest absolute Gasteiger partial charge is 0.399 e. The molecule has 102 valence electrons. The van der Waals surface area contributed by atoms with Gasteiger partial charge in [0.25, 0.3) is 10.0 Å². The minimum Gasteiger partial charge on any atom is -0.399 e. The lowest BCUT2D eigenvalue weighted by Crippen LogP contribution is -2.16. The van der Waals surface area contributed by atoms with Crippen molar-refractivity contribution in [1.29, 1.82) is 0 Å². The summed E-state index contributed by atoms with van der Waals surface area (Å²) in [5.41, 5.74) is 5.78. The molecule has 0 aliphatic rings. The topological polar surface area (TPSA) is 111 Å². The number of anilines is 2. The Bertz CT molecular complexity index is 726. The lowest BCUT2D eigenvalue weighted by Gasteiger charge is -2.08. The molecule has 0 saturated heterocycles. The maximum atomic E-state index is 13.8. The van der Waals surface area contributed by atoms with Crippen LogP contribution in [-0.4, -0.2) is 18.6 Å². The third kappa shape index (κ3) is 2.65. The molecule has 0 bridgehead atoms. The fourth-order valence-electron chi connectivity index (χ4n) is 1.47. The first kappa shape index (κ1) is 13.3. The molecule has 0 unspecified atom stereocenters. The van der Waals surface area contributed by atoms with Crippen LogP contribution in [0.1, 0.15) is 11.4 Å². The van der Waals surface area contributed by atoms with Crippen LogP contribution >= 0.6 is 0 Å². The molecule has 0 saturated carbocycles. The highest BCUT2D eigenvalue weighted by Crippen LogP contribution is 2.23. The first-order valence-electron chi connectivity index (χ1n) is 5.18. The second-order valence-electron chi connectivity index (χ2n) is 3.90. The average Bonchev–Trinajstić information content (AvgIpc) is 2.68. The highest BCUT2D eigenvalue weighted by atomic mass is 32.2. The molecule has 1 heterocycles. The highest BCUT2D eigenvalue weighted by molar-refractivity contribution is 7.92. The molecular formula is C10H11FN4O3S. The molecule has 0 atom stereocenters. The number of halogens is 1. The number of nitrogens with one attached hydrogen (secondary N) is 1. The highest BCUT2D eigenvalue weighted by Gasteiger charge is 2.23. The summed E-state index contributed by atoms with van der Waals surface area (Å²) in [5.74, 6) is -0.625. The van der Waals surface area contributed by atoms with E-state index in [0.29, 0.717) is 0 Å². The van der Waals surface area contributed by atoms with Crippen molar-refractivity contribution in [1.82, 2.24) is 10.1 Å². The van der Waals surface area contributed by atoms with Crippen molar-refractivity contribution in [2.24, 2.45) is 0 Å². The van der Waals surface area contributed by atoms with E-state index >= 15 is 0 Å². The standard InChI is InChI=1S/C10H11FN4O3S/c1-5-3-7(12)4-8(9(5)11)19(16,17)15-10-13-6(2)14-18-10/h3-4H,12H2,1-2H3,(H,13,14,15). The zero-order valence-corrected chi connectivity index (χ0v) is 11.0. The lowest BCUT2D eigenvalue weighted by atomic mass is 10.2. The summed E-state index contributed by atoms with van der Waals surface area (Å²) in [5, 5.41) is 3.42. The molecular weight excluding hydrogens is 275 g/mol. The van der Waals surface area contributed by atoms with Gasteiger partial charge in [0.15, 0.2) is 5.82 Å². The summed E-state index contributed by atoms with van der Waals surface area (Å²) in [6.07, 6.45) is 0. The van der Waals surface area contributed by atoms with E-state index in [1.807, 2.05) is 4.72 Å². The van der Waals surface area contributed by atoms with Crippen LogP contribution < -0.4 is 10.5 Å². The number of rotatable bonds is 3. The SMILES string of the molecule is Cc1noc(NS(=O)(=O)c2cc(N)cc(C)c2F)n1. The number of nitrogen functional groups attached to an aromatic ring is 1. The van der Waals surface area contributed by atoms with Crippen LogP contribution in [-0.2, 0) is 10.0 Å². The molecule has 2 aromatic rings. The summed E-state index contributed by atoms with van der Waals surface area (Å²) in [4.78, 5) is 3.11. The van der Waals surface area contributed by atoms with Gasteiger partial charge < -0.3 is 10.3 Å². The summed E-state index contributed by atoms with van der Waals surface area (Å²) in [6, 6.07) is 2.02. The molecule has 0 fully saturated rings. The second kappa shape index (κ2) is 4.50. The van der Waals surface area contributed by atoms with Gasteiger partial charge in [-0.05, 0) is 31.5 Å². The first-order valence-corrected chi connectivity index (χ1v) is 6.66. The Morgan fingerprint density at radius 1 is 1.37 bits per heavy atom. The molecule has 0 amide bonds. The van der Waals surface area contributed by atoms with Gasteiger partial charge in [-0.15, -0.1) is 0 Å². The van der Waals surface area contributed by atoms with Crippen LogP contribution in [0, 0.1) is 19.7 Å². The van der Waals surface area contributed by atoms with E-state index in [2.05, 4.69) is 14.7 Å². The maximum absolute atomic E-state index is 13.8. The average molecular weight is 286 g/mol. The van der Waals surface area contributed by atoms with E-state index in [1.54, 1.807) is 0 Å². The summed E-state index contributed by atoms with van der Waals surface area (Å²) >= 11 is 0. The fraction of sp³-hybridized carbons (Fsp3) is 0.200. The van der Waals surface area contributed by atoms with Gasteiger partial charge in [0.05, 0.1) is 0 Å². The number of hydrogen-bond donors (Lipinski definition) is 2. The van der Waals surface area contributed by atoms with Crippen molar-refractivity contribution in [3.8, 4) is 0 Å². The van der Waals surface area contributed by atoms with Crippen molar-refractivity contribution in [2.75, 3.05) is 10.5 Å². The Hall–Kier alpha value is -2.16. The molecule has 19 heavy (non-hydrogen) atoms. The number of sulfonamides is 1. The molecule has 0 aliphatic heterocycles. The Morgan fingerprint density at radius 2 is 2.05 bits per heavy atom. The molecule has 0 spiro atoms. The van der Waals surface area contributed by atoms with Gasteiger partial charge in [0.2, 0.25) is 0 Å². The van der Waals surface area contributed by atoms with Crippen molar-refractivity contribution in [3.05, 3.63) is 29.3 Å². The van der Waals surface area contributed by atoms with Gasteiger partial charge >= 0.3 is 6.01 Å². The third-order valence-electron chi connectivity index (χ3n) is 2.28. The van der Waals surface area contributed by atoms with Gasteiger partial charge in [0, 0.05) is 5.69 Å². The van der Waals surface area contributed by atoms with E-state index in [-0.39, 0.29) is 23.1 Å². The molecule has 9 heteroatoms. The van der Waals surface area contributed by atoms with Crippen molar-refractivity contribution in [3.63, 3.8) is 0 Å². The lowest BCUT2D eigenvalue weighted by molar-refractivity contribution is 0.429. The van der Waals surface area contributed by atoms with Gasteiger partial charge in [-0.25, -0.2) is 17.5 Å². The number of hydrogen-bond acceptors (Lipinski definition) is 6. The zero-order chi connectivity index (χ0) is 14.2. The molecule has 1 aromatic heterocycles. The summed E-state index contributed by atoms with van der Waals surface area (Å²) in [6.45, 7) is 2.94. The fourth-order valence-corrected chi connectivity index (χ4v) is 2.58. The number of aryl methyl sites for hydroxylation is 2. The van der Waals surface area contributed by atoms with Crippen LogP contribution in [0.5, 0.6) is 0 Å². The zero-order valence-electron chi connectivity index (χ0n) is 10.1. The van der Waals surface area contributed by atoms with Gasteiger partial charge in [-0.3, -0.25) is 0 Å². The number of aromatic nitrogens is 2. The monoisotopic (exact) mass is 286 g/mol. The molecule has 1 aromatic carbocycles. The minimum atomic E-state index is -4.18. The number of nitrogens with zero attached hydrogens (tertiary/aromatic N) is 2. The predicted molar refractivity (Wildman–Crippen MR) is 65.4 cm³/mol. The predicted octanol–water partition coefficient (Wildman–Crippen LogP) is 1.21. The molecule has 2 rings (SSSR count). The molecule has 7 nitrogen and oxygen atoms in total. The van der Waals surface area contributed by atoms with Crippen LogP contribution in [0.4, 0.5) is 16.1 Å². The Morgan fingerprint density at radius 3 is 2.63 bits per heavy atom. The maximum Gasteiger partial charge on any atom is 0.335 e. The third-order valence-corrected chi connectivity index (χ3v) is 3.60. The van der Waals surface area contributed by atoms with Crippen LogP contribution in [0.15, 0.2) is 21.6 Å². The Labute approximate surface area is 108 Å². The van der Waals surface area contributed by atoms with Gasteiger partial charge in [-0.2, -0.15) is 4.98 Å². The number of benzene rings is 1. The van der Waals surface area contributed by atoms with Gasteiger partial charge in [0.1, 0.15) is 10.7 Å². The van der Waals surface area contributed by atoms with E-state index in [4.69, 9.17) is 5.73 Å². The van der Waals surface area contributed by atoms with E-state index in [1.165, 1.54) is 19.9 Å². The van der Waals surface area contributed by atoms with Crippen LogP contribution in [0.25, 0.3) is 0 Å². The van der Waals surface area contributed by atoms with E-state index < -0.39 is 20.7 Å². The minimum absolute atomic E-state index is 0.127. The molecule has 0 aliphatic carbocycles. The quantitative estimate of drug-likeness (QED) is 0.820. The van der Waals surface area contributed by atoms with Crippen LogP contribution in [0.3, 0.4) is 0 Å².